The summed E-state index contributed by atoms with van der Waals surface area (Å²) in [7, 11) is 2.00. The molecule has 0 aliphatic carbocycles. The summed E-state index contributed by atoms with van der Waals surface area (Å²) in [5.74, 6) is 0. The normalized spacial score (nSPS) is 24.3. The first-order valence-corrected chi connectivity index (χ1v) is 4.09. The molecule has 0 bridgehead atoms. The molecule has 1 fully saturated rings. The van der Waals surface area contributed by atoms with Crippen LogP contribution in [0.3, 0.4) is 0 Å². The van der Waals surface area contributed by atoms with Crippen LogP contribution in [0.25, 0.3) is 0 Å². The monoisotopic (exact) mass is 151 g/mol. The summed E-state index contributed by atoms with van der Waals surface area (Å²) in [6.07, 6.45) is 4.39. The van der Waals surface area contributed by atoms with E-state index < -0.39 is 0 Å². The number of aromatic nitrogens is 2. The Morgan fingerprint density at radius 2 is 2.64 bits per heavy atom. The summed E-state index contributed by atoms with van der Waals surface area (Å²) < 4.78 is 1.95. The predicted molar refractivity (Wildman–Crippen MR) is 43.2 cm³/mol. The minimum Gasteiger partial charge on any atom is -0.309 e. The molecule has 1 aromatic heterocycles. The van der Waals surface area contributed by atoms with Gasteiger partial charge in [0.1, 0.15) is 0 Å². The zero-order valence-corrected chi connectivity index (χ0v) is 6.75. The summed E-state index contributed by atoms with van der Waals surface area (Å²) in [4.78, 5) is 0. The van der Waals surface area contributed by atoms with Crippen LogP contribution in [-0.2, 0) is 7.05 Å². The van der Waals surface area contributed by atoms with Crippen LogP contribution in [0.5, 0.6) is 0 Å². The fraction of sp³-hybridized carbons (Fsp3) is 0.625. The second-order valence-electron chi connectivity index (χ2n) is 3.03. The van der Waals surface area contributed by atoms with E-state index in [1.807, 2.05) is 17.9 Å². The molecule has 0 aromatic carbocycles. The van der Waals surface area contributed by atoms with Gasteiger partial charge in [0.25, 0.3) is 0 Å². The standard InChI is InChI=1S/C8H13N3/c1-11-8(4-6-10-11)7-3-2-5-9-7/h4,6-7,9H,2-3,5H2,1H3. The van der Waals surface area contributed by atoms with Crippen molar-refractivity contribution < 1.29 is 0 Å². The van der Waals surface area contributed by atoms with Crippen molar-refractivity contribution in [2.45, 2.75) is 18.9 Å². The highest BCUT2D eigenvalue weighted by Gasteiger charge is 2.18. The molecule has 1 N–H and O–H groups in total. The minimum atomic E-state index is 0.544. The van der Waals surface area contributed by atoms with Crippen LogP contribution >= 0.6 is 0 Å². The van der Waals surface area contributed by atoms with Crippen LogP contribution in [-0.4, -0.2) is 16.3 Å². The number of aryl methyl sites for hydroxylation is 1. The molecule has 1 aromatic rings. The number of nitrogens with zero attached hydrogens (tertiary/aromatic N) is 2. The second kappa shape index (κ2) is 2.66. The van der Waals surface area contributed by atoms with E-state index in [0.29, 0.717) is 6.04 Å². The Morgan fingerprint density at radius 1 is 1.73 bits per heavy atom. The van der Waals surface area contributed by atoms with Crippen molar-refractivity contribution in [2.75, 3.05) is 6.54 Å². The fourth-order valence-corrected chi connectivity index (χ4v) is 1.66. The summed E-state index contributed by atoms with van der Waals surface area (Å²) >= 11 is 0. The van der Waals surface area contributed by atoms with Gasteiger partial charge in [-0.25, -0.2) is 0 Å². The first-order chi connectivity index (χ1) is 5.38. The molecule has 0 amide bonds. The molecule has 3 heteroatoms. The molecule has 0 spiro atoms. The molecule has 3 nitrogen and oxygen atoms in total. The number of nitrogens with one attached hydrogen (secondary N) is 1. The van der Waals surface area contributed by atoms with E-state index in [2.05, 4.69) is 16.5 Å². The maximum atomic E-state index is 4.14. The van der Waals surface area contributed by atoms with Crippen molar-refractivity contribution in [2.24, 2.45) is 7.05 Å². The smallest absolute Gasteiger partial charge is 0.0550 e. The van der Waals surface area contributed by atoms with Gasteiger partial charge in [-0.3, -0.25) is 4.68 Å². The molecule has 1 atom stereocenters. The van der Waals surface area contributed by atoms with Gasteiger partial charge in [-0.15, -0.1) is 0 Å². The van der Waals surface area contributed by atoms with Gasteiger partial charge in [-0.1, -0.05) is 0 Å². The Bertz CT molecular complexity index is 235. The van der Waals surface area contributed by atoms with Crippen molar-refractivity contribution in [1.82, 2.24) is 15.1 Å². The van der Waals surface area contributed by atoms with Gasteiger partial charge in [0.05, 0.1) is 5.69 Å². The van der Waals surface area contributed by atoms with Crippen LogP contribution in [0.2, 0.25) is 0 Å². The number of rotatable bonds is 1. The van der Waals surface area contributed by atoms with E-state index in [4.69, 9.17) is 0 Å². The molecule has 1 aliphatic heterocycles. The molecule has 2 rings (SSSR count). The predicted octanol–water partition coefficient (Wildman–Crippen LogP) is 0.845. The SMILES string of the molecule is Cn1nccc1C1CCCN1. The average Bonchev–Trinajstić information content (AvgIpc) is 2.55. The Labute approximate surface area is 66.4 Å². The largest absolute Gasteiger partial charge is 0.309 e. The summed E-state index contributed by atoms with van der Waals surface area (Å²) in [5.41, 5.74) is 1.31. The molecular formula is C8H13N3. The molecule has 1 unspecified atom stereocenters. The van der Waals surface area contributed by atoms with E-state index in [0.717, 1.165) is 6.54 Å². The Balaban J connectivity index is 2.21. The third-order valence-corrected chi connectivity index (χ3v) is 2.28. The van der Waals surface area contributed by atoms with Crippen LogP contribution in [0.1, 0.15) is 24.6 Å². The molecule has 1 saturated heterocycles. The lowest BCUT2D eigenvalue weighted by Gasteiger charge is -2.09. The van der Waals surface area contributed by atoms with Crippen molar-refractivity contribution in [3.05, 3.63) is 18.0 Å². The zero-order valence-electron chi connectivity index (χ0n) is 6.75. The lowest BCUT2D eigenvalue weighted by Crippen LogP contribution is -2.16. The molecule has 1 aliphatic rings. The molecular weight excluding hydrogens is 138 g/mol. The molecule has 11 heavy (non-hydrogen) atoms. The second-order valence-corrected chi connectivity index (χ2v) is 3.03. The first-order valence-electron chi connectivity index (χ1n) is 4.09. The maximum Gasteiger partial charge on any atom is 0.0550 e. The highest BCUT2D eigenvalue weighted by molar-refractivity contribution is 5.07. The van der Waals surface area contributed by atoms with Gasteiger partial charge in [-0.2, -0.15) is 5.10 Å². The number of hydrogen-bond donors (Lipinski definition) is 1. The van der Waals surface area contributed by atoms with Gasteiger partial charge in [0.15, 0.2) is 0 Å². The van der Waals surface area contributed by atoms with Crippen molar-refractivity contribution in [3.8, 4) is 0 Å². The third kappa shape index (κ3) is 1.16. The van der Waals surface area contributed by atoms with Gasteiger partial charge in [0, 0.05) is 19.3 Å². The van der Waals surface area contributed by atoms with Gasteiger partial charge in [0.2, 0.25) is 0 Å². The van der Waals surface area contributed by atoms with Crippen LogP contribution in [0.15, 0.2) is 12.3 Å². The van der Waals surface area contributed by atoms with Gasteiger partial charge < -0.3 is 5.32 Å². The third-order valence-electron chi connectivity index (χ3n) is 2.28. The van der Waals surface area contributed by atoms with Crippen molar-refractivity contribution >= 4 is 0 Å². The van der Waals surface area contributed by atoms with Gasteiger partial charge in [-0.05, 0) is 25.5 Å². The zero-order chi connectivity index (χ0) is 7.68. The summed E-state index contributed by atoms with van der Waals surface area (Å²) in [6, 6.07) is 2.63. The fourth-order valence-electron chi connectivity index (χ4n) is 1.66. The lowest BCUT2D eigenvalue weighted by molar-refractivity contribution is 0.574. The average molecular weight is 151 g/mol. The lowest BCUT2D eigenvalue weighted by atomic mass is 10.2. The Kier molecular flexibility index (Phi) is 1.66. The Morgan fingerprint density at radius 3 is 3.18 bits per heavy atom. The van der Waals surface area contributed by atoms with Crippen LogP contribution in [0, 0.1) is 0 Å². The minimum absolute atomic E-state index is 0.544. The van der Waals surface area contributed by atoms with Gasteiger partial charge >= 0.3 is 0 Å². The molecule has 2 heterocycles. The summed E-state index contributed by atoms with van der Waals surface area (Å²) in [6.45, 7) is 1.15. The van der Waals surface area contributed by atoms with E-state index in [1.165, 1.54) is 18.5 Å². The van der Waals surface area contributed by atoms with E-state index >= 15 is 0 Å². The van der Waals surface area contributed by atoms with E-state index in [9.17, 15) is 0 Å². The van der Waals surface area contributed by atoms with Crippen LogP contribution < -0.4 is 5.32 Å². The summed E-state index contributed by atoms with van der Waals surface area (Å²) in [5, 5.41) is 7.58. The highest BCUT2D eigenvalue weighted by Crippen LogP contribution is 2.21. The topological polar surface area (TPSA) is 29.9 Å². The van der Waals surface area contributed by atoms with E-state index in [-0.39, 0.29) is 0 Å². The maximum absolute atomic E-state index is 4.14. The quantitative estimate of drug-likeness (QED) is 0.644. The van der Waals surface area contributed by atoms with Crippen molar-refractivity contribution in [1.29, 1.82) is 0 Å². The Hall–Kier alpha value is -0.830. The highest BCUT2D eigenvalue weighted by atomic mass is 15.3. The first kappa shape index (κ1) is 6.85. The van der Waals surface area contributed by atoms with Crippen LogP contribution in [0.4, 0.5) is 0 Å². The molecule has 0 radical (unpaired) electrons. The molecule has 0 saturated carbocycles. The van der Waals surface area contributed by atoms with Crippen molar-refractivity contribution in [3.63, 3.8) is 0 Å². The van der Waals surface area contributed by atoms with E-state index in [1.54, 1.807) is 0 Å². The molecule has 60 valence electrons. The number of hydrogen-bond acceptors (Lipinski definition) is 2.